The predicted octanol–water partition coefficient (Wildman–Crippen LogP) is -7.22. The van der Waals surface area contributed by atoms with Gasteiger partial charge in [0.25, 0.3) is 0 Å². The molecule has 9 aliphatic rings. The van der Waals surface area contributed by atoms with Crippen molar-refractivity contribution >= 4 is 67.7 Å². The summed E-state index contributed by atoms with van der Waals surface area (Å²) < 4.78 is 9.17. The summed E-state index contributed by atoms with van der Waals surface area (Å²) in [5, 5.41) is 43.9. The standard InChI is InChI=1S/C56H106N16S4.4ClH.Cu/c1-65(2)53(66(3)4)73-29-33-17-21-37-41(25-33)49-58-45(37)57-46-38-22-18-35(31-75-55(69(9)10)70(11)12)27-43(38)51(59-46)64-52-44-28-36(32-76-56(71(13)14)72(15)16)20-24-40(44)48(63-52)62-50-42-26-34(19-23-39(42)47(60-49)61-50)30-74-54(67(5)6)68(7)8;;;;;/h33-52,57,59-62,64H,17-32H2,1-16H3;4*1H;/q+2;;;;;+2/p-4. The number of hydrogen-bond acceptors (Lipinski definition) is 10. The molecule has 9 rings (SSSR count). The number of rotatable bonds is 8. The maximum Gasteiger partial charge on any atom is 2.00 e. The zero-order chi connectivity index (χ0) is 54.3. The van der Waals surface area contributed by atoms with Gasteiger partial charge in [-0.1, -0.05) is 37.5 Å². The normalized spacial score (nSPS) is 37.0. The van der Waals surface area contributed by atoms with Crippen LogP contribution < -0.4 is 81.5 Å². The van der Waals surface area contributed by atoms with Crippen LogP contribution in [-0.2, 0) is 17.1 Å². The van der Waals surface area contributed by atoms with E-state index in [2.05, 4.69) is 230 Å². The van der Waals surface area contributed by atoms with Gasteiger partial charge in [0, 0.05) is 23.0 Å². The monoisotopic (exact) mass is 1330 g/mol. The largest absolute Gasteiger partial charge is 2.00 e. The molecule has 4 aliphatic carbocycles. The van der Waals surface area contributed by atoms with Gasteiger partial charge >= 0.3 is 37.7 Å². The van der Waals surface area contributed by atoms with Gasteiger partial charge in [0.2, 0.25) is 0 Å². The summed E-state index contributed by atoms with van der Waals surface area (Å²) in [5.41, 5.74) is 0. The summed E-state index contributed by atoms with van der Waals surface area (Å²) >= 11 is 8.21. The molecular formula is C56H106Cl4CuN16S4. The molecule has 20 atom stereocenters. The zero-order valence-electron chi connectivity index (χ0n) is 51.8. The van der Waals surface area contributed by atoms with E-state index in [1.807, 2.05) is 0 Å². The molecule has 0 aromatic carbocycles. The average molecular weight is 1340 g/mol. The van der Waals surface area contributed by atoms with Crippen LogP contribution in [-0.4, -0.2) is 244 Å². The van der Waals surface area contributed by atoms with E-state index in [1.54, 1.807) is 0 Å². The van der Waals surface area contributed by atoms with Gasteiger partial charge in [-0.15, -0.1) is 0 Å². The van der Waals surface area contributed by atoms with Crippen LogP contribution in [0.1, 0.15) is 77.0 Å². The molecule has 16 nitrogen and oxygen atoms in total. The van der Waals surface area contributed by atoms with Crippen LogP contribution >= 0.6 is 47.0 Å². The molecule has 5 heterocycles. The summed E-state index contributed by atoms with van der Waals surface area (Å²) in [5.74, 6) is 11.7. The topological polar surface area (TPSA) is 125 Å². The van der Waals surface area contributed by atoms with Gasteiger partial charge in [-0.25, -0.2) is 0 Å². The van der Waals surface area contributed by atoms with Crippen molar-refractivity contribution in [3.05, 3.63) is 10.6 Å². The predicted molar refractivity (Wildman–Crippen MR) is 326 cm³/mol. The molecular weight excluding hydrogens is 1230 g/mol. The minimum atomic E-state index is 0. The molecule has 0 aromatic heterocycles. The number of nitrogens with zero attached hydrogens (tertiary/aromatic N) is 10. The van der Waals surface area contributed by atoms with Crippen LogP contribution in [0.4, 0.5) is 0 Å². The van der Waals surface area contributed by atoms with E-state index in [-0.39, 0.29) is 116 Å². The van der Waals surface area contributed by atoms with Crippen LogP contribution in [0.3, 0.4) is 0 Å². The third kappa shape index (κ3) is 17.5. The van der Waals surface area contributed by atoms with Gasteiger partial charge in [0.1, 0.15) is 0 Å². The SMILES string of the molecule is CN(C)C(SCC1CCC2C3[N-]C(NC4NC(NC5[N-]C(NC6NC(N3)C3CCC(CSC(N(C)C)=[N+](C)C)CC63)C3CC(CSC(N(C)C)=[N+](C)C)CCC53)C3CC(CSC(N(C)C)=[N+](C)C)CCC43)C2C1)=[N+](C)C.[Cl-].[Cl-].[Cl-].[Cl-].[Cu+2]. The molecule has 1 radical (unpaired) electrons. The molecule has 0 spiro atoms. The van der Waals surface area contributed by atoms with Crippen molar-refractivity contribution in [3.63, 3.8) is 0 Å². The first-order valence-electron chi connectivity index (χ1n) is 29.6. The Kier molecular flexibility index (Phi) is 30.1. The van der Waals surface area contributed by atoms with Gasteiger partial charge in [-0.2, -0.15) is 0 Å². The minimum Gasteiger partial charge on any atom is -1.00 e. The van der Waals surface area contributed by atoms with Gasteiger partial charge < -0.3 is 81.5 Å². The summed E-state index contributed by atoms with van der Waals surface area (Å²) in [6, 6.07) is 0. The molecule has 81 heavy (non-hydrogen) atoms. The fourth-order valence-corrected chi connectivity index (χ4v) is 21.0. The smallest absolute Gasteiger partial charge is 1.00 e. The fraction of sp³-hybridized carbons (Fsp3) is 0.929. The Balaban J connectivity index is 0.00000282. The van der Waals surface area contributed by atoms with Gasteiger partial charge in [0.15, 0.2) is 0 Å². The number of amidine groups is 4. The minimum absolute atomic E-state index is 0. The molecule has 8 bridgehead atoms. The van der Waals surface area contributed by atoms with Crippen LogP contribution in [0, 0.1) is 71.0 Å². The first-order chi connectivity index (χ1) is 36.2. The number of fused-ring (bicyclic) bond motifs is 20. The summed E-state index contributed by atoms with van der Waals surface area (Å²) in [6.45, 7) is 0. The third-order valence-corrected chi connectivity index (χ3v) is 25.7. The second-order valence-electron chi connectivity index (χ2n) is 26.5. The molecule has 0 amide bonds. The van der Waals surface area contributed by atoms with Crippen LogP contribution in [0.15, 0.2) is 0 Å². The summed E-state index contributed by atoms with van der Waals surface area (Å²) in [7, 11) is 35.1. The van der Waals surface area contributed by atoms with Gasteiger partial charge in [-0.05, 0) is 182 Å². The molecule has 5 saturated heterocycles. The Morgan fingerprint density at radius 1 is 0.333 bits per heavy atom. The fourth-order valence-electron chi connectivity index (χ4n) is 16.2. The molecule has 25 heteroatoms. The van der Waals surface area contributed by atoms with Crippen molar-refractivity contribution < 1.29 is 85.0 Å². The molecule has 4 saturated carbocycles. The van der Waals surface area contributed by atoms with Crippen molar-refractivity contribution in [2.45, 2.75) is 126 Å². The second kappa shape index (κ2) is 32.9. The molecule has 6 N–H and O–H groups in total. The Hall–Kier alpha value is 0.639. The molecule has 0 aromatic rings. The van der Waals surface area contributed by atoms with E-state index in [0.717, 1.165) is 5.75 Å². The quantitative estimate of drug-likeness (QED) is 0.0598. The Labute approximate surface area is 543 Å². The number of thioether (sulfide) groups is 4. The van der Waals surface area contributed by atoms with Crippen LogP contribution in [0.25, 0.3) is 10.6 Å². The van der Waals surface area contributed by atoms with E-state index < -0.39 is 0 Å². The summed E-state index contributed by atoms with van der Waals surface area (Å²) in [4.78, 5) is 9.17. The van der Waals surface area contributed by atoms with E-state index >= 15 is 0 Å². The molecule has 5 aliphatic heterocycles. The molecule has 9 fully saturated rings. The number of hydrogen-bond donors (Lipinski definition) is 6. The average Bonchev–Trinajstić information content (AvgIpc) is 4.30. The van der Waals surface area contributed by atoms with Crippen molar-refractivity contribution in [2.24, 2.45) is 71.0 Å². The second-order valence-corrected chi connectivity index (χ2v) is 30.5. The first kappa shape index (κ1) is 74.1. The maximum absolute atomic E-state index is 6.02. The zero-order valence-corrected chi connectivity index (χ0v) is 59.0. The number of halogens is 4. The van der Waals surface area contributed by atoms with E-state index in [9.17, 15) is 0 Å². The Morgan fingerprint density at radius 3 is 0.802 bits per heavy atom. The van der Waals surface area contributed by atoms with Gasteiger partial charge in [-0.3, -0.25) is 48.5 Å². The van der Waals surface area contributed by atoms with Crippen molar-refractivity contribution in [2.75, 3.05) is 136 Å². The Bertz CT molecular complexity index is 2120. The van der Waals surface area contributed by atoms with Crippen molar-refractivity contribution in [3.8, 4) is 0 Å². The maximum atomic E-state index is 6.02. The number of nitrogens with one attached hydrogen (secondary N) is 6. The third-order valence-electron chi connectivity index (χ3n) is 19.2. The van der Waals surface area contributed by atoms with Crippen LogP contribution in [0.5, 0.6) is 0 Å². The van der Waals surface area contributed by atoms with E-state index in [0.29, 0.717) is 71.0 Å². The van der Waals surface area contributed by atoms with Crippen molar-refractivity contribution in [1.29, 1.82) is 0 Å². The van der Waals surface area contributed by atoms with Crippen LogP contribution in [0.2, 0.25) is 0 Å². The van der Waals surface area contributed by atoms with E-state index in [1.165, 1.54) is 115 Å². The van der Waals surface area contributed by atoms with E-state index in [4.69, 9.17) is 10.6 Å². The summed E-state index contributed by atoms with van der Waals surface area (Å²) in [6.07, 6.45) is 16.5. The molecule has 20 unspecified atom stereocenters. The Morgan fingerprint density at radius 2 is 0.556 bits per heavy atom. The molecule has 473 valence electrons. The van der Waals surface area contributed by atoms with Gasteiger partial charge in [0.05, 0.1) is 137 Å². The first-order valence-corrected chi connectivity index (χ1v) is 33.5. The van der Waals surface area contributed by atoms with Crippen molar-refractivity contribution in [1.82, 2.24) is 51.5 Å².